The van der Waals surface area contributed by atoms with Crippen molar-refractivity contribution in [1.29, 1.82) is 0 Å². The van der Waals surface area contributed by atoms with Crippen LogP contribution in [-0.4, -0.2) is 39.2 Å². The molecule has 26 heavy (non-hydrogen) atoms. The normalized spacial score (nSPS) is 11.2. The van der Waals surface area contributed by atoms with Crippen molar-refractivity contribution in [3.05, 3.63) is 59.1 Å². The maximum absolute atomic E-state index is 12.4. The molecule has 0 bridgehead atoms. The van der Waals surface area contributed by atoms with Gasteiger partial charge < -0.3 is 15.2 Å². The number of sulfonamides is 1. The van der Waals surface area contributed by atoms with Crippen molar-refractivity contribution in [2.75, 3.05) is 19.8 Å². The number of amides is 1. The molecule has 0 saturated heterocycles. The van der Waals surface area contributed by atoms with Gasteiger partial charge in [0.1, 0.15) is 5.75 Å². The van der Waals surface area contributed by atoms with E-state index in [1.807, 2.05) is 30.3 Å². The summed E-state index contributed by atoms with van der Waals surface area (Å²) >= 11 is 6.05. The lowest BCUT2D eigenvalue weighted by molar-refractivity contribution is -0.123. The second-order valence-corrected chi connectivity index (χ2v) is 7.44. The summed E-state index contributed by atoms with van der Waals surface area (Å²) in [6.45, 7) is -0.183. The zero-order valence-electron chi connectivity index (χ0n) is 13.8. The number of carbonyl (C=O) groups excluding carboxylic acids is 1. The summed E-state index contributed by atoms with van der Waals surface area (Å²) in [7, 11) is -3.74. The SMILES string of the molecule is O=C(COc1ccc(S(=O)(=O)NCc2ccccc2)cc1Cl)NCCO. The van der Waals surface area contributed by atoms with Crippen molar-refractivity contribution in [2.45, 2.75) is 11.4 Å². The van der Waals surface area contributed by atoms with Crippen molar-refractivity contribution in [1.82, 2.24) is 10.0 Å². The molecule has 0 spiro atoms. The number of aliphatic hydroxyl groups excluding tert-OH is 1. The van der Waals surface area contributed by atoms with Crippen LogP contribution in [0, 0.1) is 0 Å². The van der Waals surface area contributed by atoms with Crippen molar-refractivity contribution in [2.24, 2.45) is 0 Å². The van der Waals surface area contributed by atoms with Crippen molar-refractivity contribution in [3.63, 3.8) is 0 Å². The molecule has 0 aliphatic rings. The zero-order valence-corrected chi connectivity index (χ0v) is 15.4. The van der Waals surface area contributed by atoms with Gasteiger partial charge in [-0.1, -0.05) is 41.9 Å². The molecular weight excluding hydrogens is 380 g/mol. The average Bonchev–Trinajstić information content (AvgIpc) is 2.64. The first-order valence-electron chi connectivity index (χ1n) is 7.76. The first-order valence-corrected chi connectivity index (χ1v) is 9.62. The molecule has 0 aliphatic carbocycles. The molecule has 7 nitrogen and oxygen atoms in total. The van der Waals surface area contributed by atoms with E-state index >= 15 is 0 Å². The molecule has 140 valence electrons. The maximum atomic E-state index is 12.4. The maximum Gasteiger partial charge on any atom is 0.258 e. The minimum absolute atomic E-state index is 0.00415. The van der Waals surface area contributed by atoms with E-state index in [4.69, 9.17) is 21.4 Å². The zero-order chi connectivity index (χ0) is 19.0. The Morgan fingerprint density at radius 3 is 2.54 bits per heavy atom. The topological polar surface area (TPSA) is 105 Å². The van der Waals surface area contributed by atoms with E-state index in [1.54, 1.807) is 0 Å². The minimum Gasteiger partial charge on any atom is -0.482 e. The van der Waals surface area contributed by atoms with Gasteiger partial charge in [0.2, 0.25) is 10.0 Å². The molecule has 1 amide bonds. The number of carbonyl (C=O) groups is 1. The predicted molar refractivity (Wildman–Crippen MR) is 97.5 cm³/mol. The summed E-state index contributed by atoms with van der Waals surface area (Å²) in [6.07, 6.45) is 0. The summed E-state index contributed by atoms with van der Waals surface area (Å²) < 4.78 is 32.5. The number of ether oxygens (including phenoxy) is 1. The third-order valence-electron chi connectivity index (χ3n) is 3.32. The van der Waals surface area contributed by atoms with Crippen LogP contribution >= 0.6 is 11.6 Å². The summed E-state index contributed by atoms with van der Waals surface area (Å²) in [5.74, 6) is -0.232. The fourth-order valence-electron chi connectivity index (χ4n) is 2.01. The van der Waals surface area contributed by atoms with E-state index in [0.717, 1.165) is 5.56 Å². The van der Waals surface area contributed by atoms with Crippen LogP contribution in [0.25, 0.3) is 0 Å². The van der Waals surface area contributed by atoms with Crippen LogP contribution in [0.1, 0.15) is 5.56 Å². The second kappa shape index (κ2) is 9.54. The molecule has 0 heterocycles. The Hall–Kier alpha value is -2.13. The Morgan fingerprint density at radius 1 is 1.15 bits per heavy atom. The highest BCUT2D eigenvalue weighted by molar-refractivity contribution is 7.89. The lowest BCUT2D eigenvalue weighted by atomic mass is 10.2. The third-order valence-corrected chi connectivity index (χ3v) is 5.01. The molecule has 0 aromatic heterocycles. The predicted octanol–water partition coefficient (Wildman–Crippen LogP) is 1.31. The summed E-state index contributed by atoms with van der Waals surface area (Å²) in [5.41, 5.74) is 0.830. The molecule has 0 fully saturated rings. The minimum atomic E-state index is -3.74. The van der Waals surface area contributed by atoms with Crippen LogP contribution in [-0.2, 0) is 21.4 Å². The van der Waals surface area contributed by atoms with Crippen LogP contribution in [0.5, 0.6) is 5.75 Å². The number of hydrogen-bond donors (Lipinski definition) is 3. The van der Waals surface area contributed by atoms with Gasteiger partial charge in [0, 0.05) is 13.1 Å². The van der Waals surface area contributed by atoms with Crippen molar-refractivity contribution in [3.8, 4) is 5.75 Å². The smallest absolute Gasteiger partial charge is 0.258 e. The lowest BCUT2D eigenvalue weighted by Gasteiger charge is -2.11. The molecule has 9 heteroatoms. The van der Waals surface area contributed by atoms with Gasteiger partial charge in [-0.05, 0) is 23.8 Å². The van der Waals surface area contributed by atoms with Gasteiger partial charge in [0.25, 0.3) is 5.91 Å². The molecule has 2 rings (SSSR count). The Labute approximate surface area is 157 Å². The monoisotopic (exact) mass is 398 g/mol. The molecule has 3 N–H and O–H groups in total. The van der Waals surface area contributed by atoms with Crippen LogP contribution < -0.4 is 14.8 Å². The molecular formula is C17H19ClN2O5S. The van der Waals surface area contributed by atoms with Crippen LogP contribution in [0.2, 0.25) is 5.02 Å². The molecule has 2 aromatic carbocycles. The fraction of sp³-hybridized carbons (Fsp3) is 0.235. The summed E-state index contributed by atoms with van der Waals surface area (Å²) in [5, 5.41) is 11.1. The van der Waals surface area contributed by atoms with Gasteiger partial charge in [-0.15, -0.1) is 0 Å². The van der Waals surface area contributed by atoms with Gasteiger partial charge in [0.05, 0.1) is 16.5 Å². The number of nitrogens with one attached hydrogen (secondary N) is 2. The highest BCUT2D eigenvalue weighted by atomic mass is 35.5. The first kappa shape index (κ1) is 20.2. The van der Waals surface area contributed by atoms with Gasteiger partial charge >= 0.3 is 0 Å². The van der Waals surface area contributed by atoms with Gasteiger partial charge in [-0.2, -0.15) is 0 Å². The van der Waals surface area contributed by atoms with Gasteiger partial charge in [0.15, 0.2) is 6.61 Å². The number of rotatable bonds is 9. The first-order chi connectivity index (χ1) is 12.4. The van der Waals surface area contributed by atoms with Gasteiger partial charge in [-0.25, -0.2) is 13.1 Å². The third kappa shape index (κ3) is 5.99. The standard InChI is InChI=1S/C17H19ClN2O5S/c18-15-10-14(6-7-16(15)25-12-17(22)19-8-9-21)26(23,24)20-11-13-4-2-1-3-5-13/h1-7,10,20-21H,8-9,11-12H2,(H,19,22). The lowest BCUT2D eigenvalue weighted by Crippen LogP contribution is -2.31. The van der Waals surface area contributed by atoms with E-state index in [9.17, 15) is 13.2 Å². The highest BCUT2D eigenvalue weighted by Gasteiger charge is 2.16. The number of hydrogen-bond acceptors (Lipinski definition) is 5. The molecule has 0 radical (unpaired) electrons. The Kier molecular flexibility index (Phi) is 7.40. The Bertz CT molecular complexity index is 843. The van der Waals surface area contributed by atoms with E-state index in [0.29, 0.717) is 0 Å². The molecule has 0 saturated carbocycles. The quantitative estimate of drug-likeness (QED) is 0.590. The number of halogens is 1. The summed E-state index contributed by atoms with van der Waals surface area (Å²) in [6, 6.07) is 13.1. The highest BCUT2D eigenvalue weighted by Crippen LogP contribution is 2.27. The van der Waals surface area contributed by atoms with Crippen LogP contribution in [0.3, 0.4) is 0 Å². The fourth-order valence-corrected chi connectivity index (χ4v) is 3.36. The Morgan fingerprint density at radius 2 is 1.88 bits per heavy atom. The number of benzene rings is 2. The average molecular weight is 399 g/mol. The molecule has 0 aliphatic heterocycles. The van der Waals surface area contributed by atoms with Crippen molar-refractivity contribution >= 4 is 27.5 Å². The van der Waals surface area contributed by atoms with E-state index < -0.39 is 15.9 Å². The van der Waals surface area contributed by atoms with Gasteiger partial charge in [-0.3, -0.25) is 4.79 Å². The molecule has 0 unspecified atom stereocenters. The Balaban J connectivity index is 1.99. The molecule has 2 aromatic rings. The van der Waals surface area contributed by atoms with E-state index in [-0.39, 0.29) is 42.0 Å². The molecule has 0 atom stereocenters. The van der Waals surface area contributed by atoms with E-state index in [2.05, 4.69) is 10.0 Å². The number of aliphatic hydroxyl groups is 1. The van der Waals surface area contributed by atoms with Crippen molar-refractivity contribution < 1.29 is 23.1 Å². The largest absolute Gasteiger partial charge is 0.482 e. The van der Waals surface area contributed by atoms with Crippen LogP contribution in [0.4, 0.5) is 0 Å². The van der Waals surface area contributed by atoms with E-state index in [1.165, 1.54) is 18.2 Å². The van der Waals surface area contributed by atoms with Crippen LogP contribution in [0.15, 0.2) is 53.4 Å². The summed E-state index contributed by atoms with van der Waals surface area (Å²) in [4.78, 5) is 11.4. The second-order valence-electron chi connectivity index (χ2n) is 5.26.